The van der Waals surface area contributed by atoms with Crippen LogP contribution in [0.25, 0.3) is 11.4 Å². The average molecular weight is 389 g/mol. The quantitative estimate of drug-likeness (QED) is 0.750. The first-order valence-corrected chi connectivity index (χ1v) is 9.77. The molecule has 0 spiro atoms. The molecule has 1 aromatic heterocycles. The molecule has 6 heteroatoms. The number of aliphatic imine (C=N–C) groups is 1. The van der Waals surface area contributed by atoms with Gasteiger partial charge < -0.3 is 5.32 Å². The van der Waals surface area contributed by atoms with E-state index in [9.17, 15) is 5.26 Å². The Kier molecular flexibility index (Phi) is 5.27. The Balaban J connectivity index is 2.25. The van der Waals surface area contributed by atoms with Gasteiger partial charge in [-0.3, -0.25) is 4.99 Å². The first-order valence-electron chi connectivity index (χ1n) is 9.77. The van der Waals surface area contributed by atoms with E-state index in [0.717, 1.165) is 34.2 Å². The topological polar surface area (TPSA) is 86.8 Å². The molecule has 1 aliphatic rings. The summed E-state index contributed by atoms with van der Waals surface area (Å²) in [6.07, 6.45) is 3.68. The zero-order valence-corrected chi connectivity index (χ0v) is 18.3. The highest BCUT2D eigenvalue weighted by Crippen LogP contribution is 2.32. The molecule has 0 radical (unpaired) electrons. The van der Waals surface area contributed by atoms with E-state index in [4.69, 9.17) is 15.0 Å². The Labute approximate surface area is 172 Å². The van der Waals surface area contributed by atoms with E-state index in [2.05, 4.69) is 57.9 Å². The highest BCUT2D eigenvalue weighted by atomic mass is 15.1. The van der Waals surface area contributed by atoms with Crippen molar-refractivity contribution in [2.45, 2.75) is 65.8 Å². The van der Waals surface area contributed by atoms with Crippen molar-refractivity contribution in [2.24, 2.45) is 4.99 Å². The molecule has 0 unspecified atom stereocenters. The van der Waals surface area contributed by atoms with Crippen LogP contribution in [0.3, 0.4) is 0 Å². The van der Waals surface area contributed by atoms with Crippen molar-refractivity contribution >= 4 is 11.9 Å². The van der Waals surface area contributed by atoms with Crippen LogP contribution in [-0.2, 0) is 17.4 Å². The van der Waals surface area contributed by atoms with Crippen LogP contribution in [0.15, 0.2) is 28.9 Å². The molecule has 0 amide bonds. The van der Waals surface area contributed by atoms with Gasteiger partial charge in [-0.15, -0.1) is 0 Å². The van der Waals surface area contributed by atoms with Crippen LogP contribution in [0.1, 0.15) is 71.2 Å². The maximum atomic E-state index is 9.76. The van der Waals surface area contributed by atoms with Crippen LogP contribution >= 0.6 is 0 Å². The van der Waals surface area contributed by atoms with E-state index in [0.29, 0.717) is 17.9 Å². The van der Waals surface area contributed by atoms with Gasteiger partial charge in [-0.25, -0.2) is 15.0 Å². The van der Waals surface area contributed by atoms with Gasteiger partial charge in [-0.05, 0) is 25.1 Å². The summed E-state index contributed by atoms with van der Waals surface area (Å²) in [5.41, 5.74) is 3.63. The summed E-state index contributed by atoms with van der Waals surface area (Å²) in [7, 11) is 0. The van der Waals surface area contributed by atoms with E-state index in [1.54, 1.807) is 6.21 Å². The second kappa shape index (κ2) is 7.40. The molecule has 0 fully saturated rings. The molecule has 0 bridgehead atoms. The van der Waals surface area contributed by atoms with Crippen LogP contribution < -0.4 is 5.32 Å². The normalized spacial score (nSPS) is 16.0. The van der Waals surface area contributed by atoms with Crippen LogP contribution in [0.4, 0.5) is 5.69 Å². The Hall–Kier alpha value is -3.07. The summed E-state index contributed by atoms with van der Waals surface area (Å²) < 4.78 is 0. The number of nitriles is 1. The maximum absolute atomic E-state index is 9.76. The summed E-state index contributed by atoms with van der Waals surface area (Å²) >= 11 is 0. The van der Waals surface area contributed by atoms with E-state index >= 15 is 0 Å². The molecule has 0 aliphatic carbocycles. The Morgan fingerprint density at radius 1 is 0.966 bits per heavy atom. The smallest absolute Gasteiger partial charge is 0.163 e. The lowest BCUT2D eigenvalue weighted by molar-refractivity contribution is 0.497. The maximum Gasteiger partial charge on any atom is 0.163 e. The Morgan fingerprint density at radius 2 is 1.59 bits per heavy atom. The summed E-state index contributed by atoms with van der Waals surface area (Å²) in [6.45, 7) is 15.0. The number of allylic oxidation sites excluding steroid dienone is 2. The van der Waals surface area contributed by atoms with Gasteiger partial charge >= 0.3 is 0 Å². The number of anilines is 1. The van der Waals surface area contributed by atoms with E-state index < -0.39 is 0 Å². The molecule has 2 aromatic rings. The van der Waals surface area contributed by atoms with Crippen LogP contribution in [0.5, 0.6) is 0 Å². The molecule has 1 N–H and O–H groups in total. The molecular weight excluding hydrogens is 360 g/mol. The van der Waals surface area contributed by atoms with Crippen LogP contribution in [-0.4, -0.2) is 21.2 Å². The summed E-state index contributed by atoms with van der Waals surface area (Å²) in [4.78, 5) is 18.7. The number of hydrogen-bond acceptors (Lipinski definition) is 6. The lowest BCUT2D eigenvalue weighted by Gasteiger charge is -2.23. The number of fused-ring (bicyclic) bond motifs is 1. The molecular formula is C23H28N6. The number of rotatable bonds is 1. The predicted molar refractivity (Wildman–Crippen MR) is 117 cm³/mol. The standard InChI is InChI=1S/C23H28N6/c1-14-8-9-25-13-17-16(12-24)10-15(11-18(17)26-14)19-27-20(22(2,3)4)29-21(28-19)23(5,6)7/h8-11,26H,13H2,1-7H3/b14-8-,25-9?. The van der Waals surface area contributed by atoms with Crippen molar-refractivity contribution in [1.29, 1.82) is 5.26 Å². The van der Waals surface area contributed by atoms with Gasteiger partial charge in [0, 0.05) is 39.6 Å². The highest BCUT2D eigenvalue weighted by Gasteiger charge is 2.26. The lowest BCUT2D eigenvalue weighted by Crippen LogP contribution is -2.24. The molecule has 0 saturated carbocycles. The number of hydrogen-bond donors (Lipinski definition) is 1. The summed E-state index contributed by atoms with van der Waals surface area (Å²) in [5.74, 6) is 2.07. The molecule has 3 rings (SSSR count). The summed E-state index contributed by atoms with van der Waals surface area (Å²) in [6, 6.07) is 6.17. The lowest BCUT2D eigenvalue weighted by atomic mass is 9.92. The zero-order valence-electron chi connectivity index (χ0n) is 18.3. The largest absolute Gasteiger partial charge is 0.359 e. The second-order valence-corrected chi connectivity index (χ2v) is 9.43. The molecule has 2 heterocycles. The van der Waals surface area contributed by atoms with Gasteiger partial charge in [0.05, 0.1) is 18.2 Å². The average Bonchev–Trinajstić information content (AvgIpc) is 2.62. The minimum absolute atomic E-state index is 0.217. The van der Waals surface area contributed by atoms with Gasteiger partial charge in [-0.1, -0.05) is 41.5 Å². The van der Waals surface area contributed by atoms with E-state index in [-0.39, 0.29) is 10.8 Å². The predicted octanol–water partition coefficient (Wildman–Crippen LogP) is 4.91. The highest BCUT2D eigenvalue weighted by molar-refractivity contribution is 5.77. The summed E-state index contributed by atoms with van der Waals surface area (Å²) in [5, 5.41) is 13.1. The SMILES string of the molecule is C/C1=C/C=NCc2c(C#N)cc(-c3nc(C(C)(C)C)nc(C(C)(C)C)n3)cc2N1. The minimum Gasteiger partial charge on any atom is -0.359 e. The third kappa shape index (κ3) is 4.51. The molecule has 6 nitrogen and oxygen atoms in total. The zero-order chi connectivity index (χ0) is 21.4. The fourth-order valence-corrected chi connectivity index (χ4v) is 2.92. The van der Waals surface area contributed by atoms with Gasteiger partial charge in [0.25, 0.3) is 0 Å². The van der Waals surface area contributed by atoms with E-state index in [1.807, 2.05) is 25.1 Å². The molecule has 150 valence electrons. The Morgan fingerprint density at radius 3 is 2.14 bits per heavy atom. The van der Waals surface area contributed by atoms with Gasteiger partial charge in [-0.2, -0.15) is 5.26 Å². The van der Waals surface area contributed by atoms with Crippen molar-refractivity contribution in [3.8, 4) is 17.5 Å². The van der Waals surface area contributed by atoms with Crippen LogP contribution in [0, 0.1) is 11.3 Å². The Bertz CT molecular complexity index is 1010. The van der Waals surface area contributed by atoms with Crippen molar-refractivity contribution in [2.75, 3.05) is 5.32 Å². The number of aromatic nitrogens is 3. The van der Waals surface area contributed by atoms with Crippen molar-refractivity contribution < 1.29 is 0 Å². The minimum atomic E-state index is -0.217. The molecule has 29 heavy (non-hydrogen) atoms. The first kappa shape index (κ1) is 20.7. The third-order valence-electron chi connectivity index (χ3n) is 4.62. The van der Waals surface area contributed by atoms with Gasteiger partial charge in [0.15, 0.2) is 5.82 Å². The molecule has 0 atom stereocenters. The van der Waals surface area contributed by atoms with Crippen molar-refractivity contribution in [3.63, 3.8) is 0 Å². The first-order chi connectivity index (χ1) is 13.5. The molecule has 1 aliphatic heterocycles. The van der Waals surface area contributed by atoms with Crippen molar-refractivity contribution in [1.82, 2.24) is 15.0 Å². The number of nitrogens with one attached hydrogen (secondary N) is 1. The van der Waals surface area contributed by atoms with Crippen molar-refractivity contribution in [3.05, 3.63) is 46.7 Å². The van der Waals surface area contributed by atoms with E-state index in [1.165, 1.54) is 0 Å². The third-order valence-corrected chi connectivity index (χ3v) is 4.62. The molecule has 0 saturated heterocycles. The monoisotopic (exact) mass is 388 g/mol. The number of benzene rings is 1. The fraction of sp³-hybridized carbons (Fsp3) is 0.435. The van der Waals surface area contributed by atoms with Crippen LogP contribution in [0.2, 0.25) is 0 Å². The fourth-order valence-electron chi connectivity index (χ4n) is 2.92. The number of nitrogens with zero attached hydrogens (tertiary/aromatic N) is 5. The van der Waals surface area contributed by atoms with Gasteiger partial charge in [0.2, 0.25) is 0 Å². The van der Waals surface area contributed by atoms with Gasteiger partial charge in [0.1, 0.15) is 11.6 Å². The second-order valence-electron chi connectivity index (χ2n) is 9.43. The molecule has 1 aromatic carbocycles.